The summed E-state index contributed by atoms with van der Waals surface area (Å²) >= 11 is 1.34. The zero-order valence-corrected chi connectivity index (χ0v) is 19.4. The fraction of sp³-hybridized carbons (Fsp3) is 0.500. The van der Waals surface area contributed by atoms with Gasteiger partial charge in [0.25, 0.3) is 0 Å². The lowest BCUT2D eigenvalue weighted by atomic mass is 9.87. The number of carbonyl (C=O) groups is 2. The summed E-state index contributed by atoms with van der Waals surface area (Å²) in [6.45, 7) is 1.61. The number of esters is 1. The first-order valence-electron chi connectivity index (χ1n) is 10.4. The molecule has 1 fully saturated rings. The second-order valence-corrected chi connectivity index (χ2v) is 10.9. The number of anilines is 1. The smallest absolute Gasteiger partial charge is 0.302 e. The van der Waals surface area contributed by atoms with Gasteiger partial charge in [-0.05, 0) is 30.0 Å². The van der Waals surface area contributed by atoms with Gasteiger partial charge in [0.1, 0.15) is 0 Å². The molecular formula is C22H28N2O5S2. The Hall–Kier alpha value is -2.26. The van der Waals surface area contributed by atoms with Crippen LogP contribution in [-0.4, -0.2) is 38.1 Å². The van der Waals surface area contributed by atoms with Crippen LogP contribution >= 0.6 is 11.3 Å². The first-order valence-corrected chi connectivity index (χ1v) is 13.2. The van der Waals surface area contributed by atoms with E-state index in [1.54, 1.807) is 24.3 Å². The molecule has 0 saturated heterocycles. The van der Waals surface area contributed by atoms with E-state index in [2.05, 4.69) is 10.3 Å². The Morgan fingerprint density at radius 3 is 2.52 bits per heavy atom. The SMILES string of the molecule is CC(=O)OCCc1csc(NC(=O)C(CC2CCCC2)c2ccc(S(C)(=O)=O)cc2)n1. The molecule has 1 N–H and O–H groups in total. The van der Waals surface area contributed by atoms with Crippen LogP contribution < -0.4 is 5.32 Å². The third-order valence-electron chi connectivity index (χ3n) is 5.52. The number of hydrogen-bond donors (Lipinski definition) is 1. The molecule has 168 valence electrons. The molecule has 7 nitrogen and oxygen atoms in total. The number of amides is 1. The van der Waals surface area contributed by atoms with E-state index in [-0.39, 0.29) is 29.3 Å². The van der Waals surface area contributed by atoms with Crippen molar-refractivity contribution in [3.8, 4) is 0 Å². The zero-order chi connectivity index (χ0) is 22.4. The van der Waals surface area contributed by atoms with Gasteiger partial charge in [0.05, 0.1) is 23.1 Å². The fourth-order valence-electron chi connectivity index (χ4n) is 3.89. The van der Waals surface area contributed by atoms with Crippen LogP contribution in [0.15, 0.2) is 34.5 Å². The van der Waals surface area contributed by atoms with Gasteiger partial charge in [-0.1, -0.05) is 37.8 Å². The number of ether oxygens (including phenoxy) is 1. The highest BCUT2D eigenvalue weighted by Gasteiger charge is 2.27. The predicted octanol–water partition coefficient (Wildman–Crippen LogP) is 3.95. The monoisotopic (exact) mass is 464 g/mol. The molecule has 1 saturated carbocycles. The van der Waals surface area contributed by atoms with Crippen molar-refractivity contribution in [2.45, 2.75) is 56.3 Å². The highest BCUT2D eigenvalue weighted by Crippen LogP contribution is 2.35. The zero-order valence-electron chi connectivity index (χ0n) is 17.8. The number of benzene rings is 1. The molecule has 9 heteroatoms. The van der Waals surface area contributed by atoms with E-state index < -0.39 is 9.84 Å². The second-order valence-electron chi connectivity index (χ2n) is 8.00. The number of thiazole rings is 1. The Kier molecular flexibility index (Phi) is 7.83. The summed E-state index contributed by atoms with van der Waals surface area (Å²) < 4.78 is 28.5. The van der Waals surface area contributed by atoms with Crippen molar-refractivity contribution in [3.63, 3.8) is 0 Å². The van der Waals surface area contributed by atoms with Crippen molar-refractivity contribution >= 4 is 38.2 Å². The first-order chi connectivity index (χ1) is 14.7. The minimum Gasteiger partial charge on any atom is -0.465 e. The summed E-state index contributed by atoms with van der Waals surface area (Å²) in [5, 5.41) is 5.27. The van der Waals surface area contributed by atoms with Crippen LogP contribution in [0.5, 0.6) is 0 Å². The summed E-state index contributed by atoms with van der Waals surface area (Å²) in [6, 6.07) is 6.61. The van der Waals surface area contributed by atoms with Gasteiger partial charge in [-0.2, -0.15) is 0 Å². The molecule has 1 amide bonds. The van der Waals surface area contributed by atoms with Gasteiger partial charge in [-0.3, -0.25) is 9.59 Å². The van der Waals surface area contributed by atoms with Crippen LogP contribution in [0.1, 0.15) is 56.2 Å². The first kappa shape index (κ1) is 23.4. The van der Waals surface area contributed by atoms with Gasteiger partial charge in [-0.25, -0.2) is 13.4 Å². The highest BCUT2D eigenvalue weighted by molar-refractivity contribution is 7.90. The summed E-state index contributed by atoms with van der Waals surface area (Å²) in [7, 11) is -3.29. The molecule has 1 aromatic heterocycles. The van der Waals surface area contributed by atoms with Crippen molar-refractivity contribution < 1.29 is 22.7 Å². The Morgan fingerprint density at radius 2 is 1.90 bits per heavy atom. The molecule has 0 aliphatic heterocycles. The van der Waals surface area contributed by atoms with Crippen LogP contribution in [0, 0.1) is 5.92 Å². The van der Waals surface area contributed by atoms with Gasteiger partial charge >= 0.3 is 5.97 Å². The minimum atomic E-state index is -3.29. The molecule has 0 spiro atoms. The largest absolute Gasteiger partial charge is 0.465 e. The van der Waals surface area contributed by atoms with Crippen molar-refractivity contribution in [1.29, 1.82) is 0 Å². The van der Waals surface area contributed by atoms with E-state index in [9.17, 15) is 18.0 Å². The number of hydrogen-bond acceptors (Lipinski definition) is 7. The lowest BCUT2D eigenvalue weighted by Gasteiger charge is -2.20. The maximum absolute atomic E-state index is 13.2. The van der Waals surface area contributed by atoms with E-state index in [4.69, 9.17) is 4.74 Å². The molecule has 0 radical (unpaired) electrons. The number of nitrogens with one attached hydrogen (secondary N) is 1. The Bertz CT molecular complexity index is 1010. The van der Waals surface area contributed by atoms with E-state index in [0.717, 1.165) is 30.5 Å². The van der Waals surface area contributed by atoms with Crippen molar-refractivity contribution in [1.82, 2.24) is 4.98 Å². The lowest BCUT2D eigenvalue weighted by Crippen LogP contribution is -2.23. The van der Waals surface area contributed by atoms with Crippen molar-refractivity contribution in [2.24, 2.45) is 5.92 Å². The molecule has 0 bridgehead atoms. The van der Waals surface area contributed by atoms with Gasteiger partial charge in [0.15, 0.2) is 15.0 Å². The van der Waals surface area contributed by atoms with Crippen molar-refractivity contribution in [2.75, 3.05) is 18.2 Å². The Balaban J connectivity index is 1.72. The van der Waals surface area contributed by atoms with Crippen LogP contribution in [0.2, 0.25) is 0 Å². The van der Waals surface area contributed by atoms with E-state index in [1.165, 1.54) is 37.4 Å². The van der Waals surface area contributed by atoms with E-state index in [0.29, 0.717) is 17.5 Å². The fourth-order valence-corrected chi connectivity index (χ4v) is 5.27. The number of nitrogens with zero attached hydrogens (tertiary/aromatic N) is 1. The number of rotatable bonds is 9. The Labute approximate surface area is 187 Å². The molecule has 2 aromatic rings. The third-order valence-corrected chi connectivity index (χ3v) is 7.45. The average Bonchev–Trinajstić information content (AvgIpc) is 3.37. The minimum absolute atomic E-state index is 0.139. The normalized spacial score (nSPS) is 15.5. The van der Waals surface area contributed by atoms with Crippen LogP contribution in [0.4, 0.5) is 5.13 Å². The maximum atomic E-state index is 13.2. The maximum Gasteiger partial charge on any atom is 0.302 e. The molecular weight excluding hydrogens is 436 g/mol. The summed E-state index contributed by atoms with van der Waals surface area (Å²) in [4.78, 5) is 28.7. The quantitative estimate of drug-likeness (QED) is 0.564. The van der Waals surface area contributed by atoms with Gasteiger partial charge in [0.2, 0.25) is 5.91 Å². The molecule has 1 aliphatic rings. The molecule has 1 atom stereocenters. The van der Waals surface area contributed by atoms with Crippen LogP contribution in [-0.2, 0) is 30.6 Å². The number of sulfone groups is 1. The third kappa shape index (κ3) is 6.87. The summed E-state index contributed by atoms with van der Waals surface area (Å²) in [6.07, 6.45) is 6.99. The molecule has 1 aliphatic carbocycles. The molecule has 1 heterocycles. The topological polar surface area (TPSA) is 102 Å². The molecule has 1 unspecified atom stereocenters. The van der Waals surface area contributed by atoms with Crippen molar-refractivity contribution in [3.05, 3.63) is 40.9 Å². The predicted molar refractivity (Wildman–Crippen MR) is 120 cm³/mol. The van der Waals surface area contributed by atoms with E-state index in [1.807, 2.05) is 5.38 Å². The number of carbonyl (C=O) groups excluding carboxylic acids is 2. The second kappa shape index (κ2) is 10.4. The molecule has 3 rings (SSSR count). The van der Waals surface area contributed by atoms with Gasteiger partial charge < -0.3 is 10.1 Å². The van der Waals surface area contributed by atoms with Crippen LogP contribution in [0.3, 0.4) is 0 Å². The number of aromatic nitrogens is 1. The van der Waals surface area contributed by atoms with Gasteiger partial charge in [-0.15, -0.1) is 11.3 Å². The molecule has 1 aromatic carbocycles. The Morgan fingerprint density at radius 1 is 1.23 bits per heavy atom. The van der Waals surface area contributed by atoms with Gasteiger partial charge in [0, 0.05) is 25.0 Å². The average molecular weight is 465 g/mol. The van der Waals surface area contributed by atoms with Crippen LogP contribution in [0.25, 0.3) is 0 Å². The lowest BCUT2D eigenvalue weighted by molar-refractivity contribution is -0.140. The molecule has 31 heavy (non-hydrogen) atoms. The summed E-state index contributed by atoms with van der Waals surface area (Å²) in [5.41, 5.74) is 1.56. The standard InChI is InChI=1S/C22H28N2O5S2/c1-15(25)29-12-11-18-14-30-22(23-18)24-21(26)20(13-16-5-3-4-6-16)17-7-9-19(10-8-17)31(2,27)28/h7-10,14,16,20H,3-6,11-13H2,1-2H3,(H,23,24,26). The highest BCUT2D eigenvalue weighted by atomic mass is 32.2. The van der Waals surface area contributed by atoms with E-state index >= 15 is 0 Å². The summed E-state index contributed by atoms with van der Waals surface area (Å²) in [5.74, 6) is -0.355.